The molecular weight excluding hydrogens is 505 g/mol. The fourth-order valence-corrected chi connectivity index (χ4v) is 5.80. The fraction of sp³-hybridized carbons (Fsp3) is 0.381. The van der Waals surface area contributed by atoms with Crippen LogP contribution < -0.4 is 10.0 Å². The van der Waals surface area contributed by atoms with Gasteiger partial charge in [0.15, 0.2) is 10.8 Å². The summed E-state index contributed by atoms with van der Waals surface area (Å²) in [7, 11) is -3.48. The zero-order chi connectivity index (χ0) is 25.6. The molecule has 0 spiro atoms. The van der Waals surface area contributed by atoms with E-state index < -0.39 is 38.5 Å². The van der Waals surface area contributed by atoms with Crippen molar-refractivity contribution in [2.24, 2.45) is 0 Å². The number of halogens is 3. The van der Waals surface area contributed by atoms with Crippen molar-refractivity contribution in [2.75, 3.05) is 10.0 Å². The van der Waals surface area contributed by atoms with Crippen molar-refractivity contribution >= 4 is 38.2 Å². The Morgan fingerprint density at radius 3 is 2.43 bits per heavy atom. The minimum atomic E-state index is -4.62. The summed E-state index contributed by atoms with van der Waals surface area (Å²) >= 11 is 1.15. The number of amides is 1. The van der Waals surface area contributed by atoms with Gasteiger partial charge in [0.05, 0.1) is 34.4 Å². The van der Waals surface area contributed by atoms with Crippen LogP contribution >= 0.6 is 11.3 Å². The average Bonchev–Trinajstić information content (AvgIpc) is 3.58. The Morgan fingerprint density at radius 1 is 1.11 bits per heavy atom. The molecule has 35 heavy (non-hydrogen) atoms. The summed E-state index contributed by atoms with van der Waals surface area (Å²) in [6, 6.07) is 2.91. The number of anilines is 2. The Balaban J connectivity index is 1.49. The number of thiazole rings is 1. The van der Waals surface area contributed by atoms with E-state index >= 15 is 0 Å². The van der Waals surface area contributed by atoms with E-state index in [1.807, 2.05) is 0 Å². The largest absolute Gasteiger partial charge is 0.434 e. The van der Waals surface area contributed by atoms with Crippen molar-refractivity contribution in [1.29, 1.82) is 0 Å². The highest BCUT2D eigenvalue weighted by Crippen LogP contribution is 2.35. The Morgan fingerprint density at radius 2 is 1.83 bits per heavy atom. The molecule has 3 aromatic rings. The quantitative estimate of drug-likeness (QED) is 0.474. The molecular formula is C21H21F3N6O3S2. The van der Waals surface area contributed by atoms with Crippen LogP contribution in [-0.2, 0) is 26.4 Å². The molecule has 1 amide bonds. The Hall–Kier alpha value is -3.13. The van der Waals surface area contributed by atoms with Crippen LogP contribution in [0.4, 0.5) is 24.1 Å². The number of carbonyl (C=O) groups is 1. The summed E-state index contributed by atoms with van der Waals surface area (Å²) < 4.78 is 65.6. The Labute approximate surface area is 203 Å². The molecule has 0 aliphatic heterocycles. The molecule has 0 unspecified atom stereocenters. The number of pyridine rings is 1. The van der Waals surface area contributed by atoms with Gasteiger partial charge in [-0.2, -0.15) is 13.2 Å². The van der Waals surface area contributed by atoms with Gasteiger partial charge < -0.3 is 5.32 Å². The van der Waals surface area contributed by atoms with Gasteiger partial charge in [-0.1, -0.05) is 0 Å². The standard InChI is InChI=1S/C21H21F3N6O3S2/c1-11-17(29-19(34-11)30-35(32,33)13-5-6-13)20(2,3)18(31)28-16-7-4-12(8-26-16)14-9-25-10-15(27-14)21(22,23)24/h4,7-10,13H,5-6H2,1-3H3,(H,29,30)(H,26,28,31). The number of aryl methyl sites for hydroxylation is 1. The van der Waals surface area contributed by atoms with Gasteiger partial charge in [0.25, 0.3) is 0 Å². The lowest BCUT2D eigenvalue weighted by Crippen LogP contribution is -2.36. The Kier molecular flexibility index (Phi) is 6.30. The van der Waals surface area contributed by atoms with Gasteiger partial charge in [-0.3, -0.25) is 14.5 Å². The highest BCUT2D eigenvalue weighted by molar-refractivity contribution is 7.93. The molecule has 0 bridgehead atoms. The van der Waals surface area contributed by atoms with E-state index in [9.17, 15) is 26.4 Å². The van der Waals surface area contributed by atoms with Crippen LogP contribution in [0.2, 0.25) is 0 Å². The molecule has 3 heterocycles. The van der Waals surface area contributed by atoms with Crippen molar-refractivity contribution in [3.05, 3.63) is 47.0 Å². The topological polar surface area (TPSA) is 127 Å². The second-order valence-electron chi connectivity index (χ2n) is 8.57. The maximum Gasteiger partial charge on any atom is 0.434 e. The summed E-state index contributed by atoms with van der Waals surface area (Å²) in [4.78, 5) is 29.3. The zero-order valence-electron chi connectivity index (χ0n) is 18.8. The summed E-state index contributed by atoms with van der Waals surface area (Å²) in [5.41, 5.74) is -1.54. The number of nitrogens with one attached hydrogen (secondary N) is 2. The number of carbonyl (C=O) groups excluding carboxylic acids is 1. The lowest BCUT2D eigenvalue weighted by atomic mass is 9.87. The summed E-state index contributed by atoms with van der Waals surface area (Å²) in [5.74, 6) is -0.268. The number of hydrogen-bond acceptors (Lipinski definition) is 8. The third-order valence-corrected chi connectivity index (χ3v) is 8.22. The molecule has 4 rings (SSSR count). The second-order valence-corrected chi connectivity index (χ2v) is 11.7. The molecule has 186 valence electrons. The van der Waals surface area contributed by atoms with E-state index in [2.05, 4.69) is 30.0 Å². The molecule has 2 N–H and O–H groups in total. The highest BCUT2D eigenvalue weighted by Gasteiger charge is 2.38. The normalized spacial score (nSPS) is 14.6. The van der Waals surface area contributed by atoms with Gasteiger partial charge >= 0.3 is 6.18 Å². The molecule has 1 aliphatic rings. The first kappa shape index (κ1) is 25.0. The molecule has 1 saturated carbocycles. The van der Waals surface area contributed by atoms with Crippen molar-refractivity contribution < 1.29 is 26.4 Å². The molecule has 0 radical (unpaired) electrons. The molecule has 0 saturated heterocycles. The first-order valence-electron chi connectivity index (χ1n) is 10.4. The number of rotatable bonds is 7. The minimum Gasteiger partial charge on any atom is -0.310 e. The van der Waals surface area contributed by atoms with Gasteiger partial charge in [-0.05, 0) is 45.7 Å². The molecule has 9 nitrogen and oxygen atoms in total. The van der Waals surface area contributed by atoms with Crippen molar-refractivity contribution in [3.8, 4) is 11.3 Å². The lowest BCUT2D eigenvalue weighted by molar-refractivity contribution is -0.141. The van der Waals surface area contributed by atoms with Crippen molar-refractivity contribution in [3.63, 3.8) is 0 Å². The van der Waals surface area contributed by atoms with Crippen LogP contribution in [0.25, 0.3) is 11.3 Å². The van der Waals surface area contributed by atoms with Gasteiger partial charge in [0.2, 0.25) is 15.9 Å². The van der Waals surface area contributed by atoms with Crippen molar-refractivity contribution in [1.82, 2.24) is 19.9 Å². The smallest absolute Gasteiger partial charge is 0.310 e. The SMILES string of the molecule is Cc1sc(NS(=O)(=O)C2CC2)nc1C(C)(C)C(=O)Nc1ccc(-c2cncc(C(F)(F)F)n2)cn1. The second kappa shape index (κ2) is 8.82. The van der Waals surface area contributed by atoms with Gasteiger partial charge in [-0.25, -0.2) is 23.4 Å². The molecule has 0 atom stereocenters. The molecule has 1 fully saturated rings. The van der Waals surface area contributed by atoms with Crippen LogP contribution in [0.15, 0.2) is 30.7 Å². The summed E-state index contributed by atoms with van der Waals surface area (Å²) in [6.45, 7) is 5.05. The molecule has 0 aromatic carbocycles. The average molecular weight is 527 g/mol. The third-order valence-electron chi connectivity index (χ3n) is 5.37. The first-order valence-corrected chi connectivity index (χ1v) is 12.8. The maximum absolute atomic E-state index is 13.0. The van der Waals surface area contributed by atoms with E-state index in [-0.39, 0.29) is 16.6 Å². The van der Waals surface area contributed by atoms with Gasteiger partial charge in [0.1, 0.15) is 5.82 Å². The summed E-state index contributed by atoms with van der Waals surface area (Å²) in [5, 5.41) is 2.47. The van der Waals surface area contributed by atoms with Crippen LogP contribution in [-0.4, -0.2) is 39.5 Å². The summed E-state index contributed by atoms with van der Waals surface area (Å²) in [6.07, 6.45) is -0.282. The van der Waals surface area contributed by atoms with E-state index in [0.717, 1.165) is 11.3 Å². The highest BCUT2D eigenvalue weighted by atomic mass is 32.2. The van der Waals surface area contributed by atoms with E-state index in [0.29, 0.717) is 35.2 Å². The first-order chi connectivity index (χ1) is 16.3. The van der Waals surface area contributed by atoms with Crippen LogP contribution in [0.3, 0.4) is 0 Å². The zero-order valence-corrected chi connectivity index (χ0v) is 20.5. The maximum atomic E-state index is 13.0. The minimum absolute atomic E-state index is 0.00944. The predicted octanol–water partition coefficient (Wildman–Crippen LogP) is 4.14. The van der Waals surface area contributed by atoms with Crippen LogP contribution in [0.5, 0.6) is 0 Å². The van der Waals surface area contributed by atoms with Crippen LogP contribution in [0.1, 0.15) is 43.0 Å². The number of alkyl halides is 3. The number of nitrogens with zero attached hydrogens (tertiary/aromatic N) is 4. The van der Waals surface area contributed by atoms with Gasteiger partial charge in [-0.15, -0.1) is 11.3 Å². The fourth-order valence-electron chi connectivity index (χ4n) is 3.24. The third kappa shape index (κ3) is 5.42. The van der Waals surface area contributed by atoms with E-state index in [1.165, 1.54) is 24.5 Å². The van der Waals surface area contributed by atoms with Crippen molar-refractivity contribution in [2.45, 2.75) is 50.5 Å². The number of sulfonamides is 1. The van der Waals surface area contributed by atoms with Crippen LogP contribution in [0, 0.1) is 6.92 Å². The Bertz CT molecular complexity index is 1370. The number of aromatic nitrogens is 4. The molecule has 3 aromatic heterocycles. The van der Waals surface area contributed by atoms with E-state index in [4.69, 9.17) is 0 Å². The monoisotopic (exact) mass is 526 g/mol. The number of hydrogen-bond donors (Lipinski definition) is 2. The van der Waals surface area contributed by atoms with Gasteiger partial charge in [0, 0.05) is 16.6 Å². The molecule has 14 heteroatoms. The molecule has 1 aliphatic carbocycles. The lowest BCUT2D eigenvalue weighted by Gasteiger charge is -2.22. The van der Waals surface area contributed by atoms with E-state index in [1.54, 1.807) is 20.8 Å². The predicted molar refractivity (Wildman–Crippen MR) is 124 cm³/mol.